The first-order valence-electron chi connectivity index (χ1n) is 5.19. The predicted octanol–water partition coefficient (Wildman–Crippen LogP) is 0.337. The smallest absolute Gasteiger partial charge is 0.264 e. The van der Waals surface area contributed by atoms with E-state index in [2.05, 4.69) is 10.4 Å². The molecule has 17 heavy (non-hydrogen) atoms. The van der Waals surface area contributed by atoms with Crippen molar-refractivity contribution in [2.75, 3.05) is 6.54 Å². The number of aromatic nitrogens is 2. The van der Waals surface area contributed by atoms with Gasteiger partial charge in [-0.1, -0.05) is 0 Å². The molecule has 0 atom stereocenters. The van der Waals surface area contributed by atoms with Crippen LogP contribution in [0.15, 0.2) is 17.3 Å². The fourth-order valence-electron chi connectivity index (χ4n) is 1.34. The Balaban J connectivity index is 1.89. The molecule has 6 nitrogen and oxygen atoms in total. The maximum absolute atomic E-state index is 11.4. The summed E-state index contributed by atoms with van der Waals surface area (Å²) in [6.07, 6.45) is 4.68. The van der Waals surface area contributed by atoms with E-state index >= 15 is 0 Å². The van der Waals surface area contributed by atoms with Crippen LogP contribution in [0.5, 0.6) is 0 Å². The molecule has 1 heterocycles. The molecule has 94 valence electrons. The summed E-state index contributed by atoms with van der Waals surface area (Å²) in [6, 6.07) is 0. The summed E-state index contributed by atoms with van der Waals surface area (Å²) in [5, 5.41) is 6.52. The van der Waals surface area contributed by atoms with E-state index in [1.165, 1.54) is 10.9 Å². The minimum Gasteiger partial charge on any atom is -0.354 e. The van der Waals surface area contributed by atoms with Gasteiger partial charge in [0, 0.05) is 23.4 Å². The summed E-state index contributed by atoms with van der Waals surface area (Å²) in [5.41, 5.74) is 0. The monoisotopic (exact) mass is 277 g/mol. The van der Waals surface area contributed by atoms with Crippen molar-refractivity contribution in [3.63, 3.8) is 0 Å². The maximum atomic E-state index is 11.4. The molecule has 1 fully saturated rings. The number of halogens is 1. The van der Waals surface area contributed by atoms with Crippen LogP contribution in [-0.2, 0) is 20.4 Å². The Labute approximate surface area is 103 Å². The van der Waals surface area contributed by atoms with Gasteiger partial charge in [-0.2, -0.15) is 5.10 Å². The van der Waals surface area contributed by atoms with Gasteiger partial charge in [0.25, 0.3) is 9.05 Å². The van der Waals surface area contributed by atoms with Gasteiger partial charge in [0.05, 0.1) is 6.20 Å². The van der Waals surface area contributed by atoms with Crippen molar-refractivity contribution >= 4 is 25.6 Å². The number of carbonyl (C=O) groups excluding carboxylic acids is 1. The van der Waals surface area contributed by atoms with E-state index in [1.807, 2.05) is 0 Å². The van der Waals surface area contributed by atoms with Gasteiger partial charge in [0.15, 0.2) is 0 Å². The summed E-state index contributed by atoms with van der Waals surface area (Å²) in [4.78, 5) is 11.3. The van der Waals surface area contributed by atoms with Gasteiger partial charge < -0.3 is 5.32 Å². The van der Waals surface area contributed by atoms with Gasteiger partial charge in [-0.15, -0.1) is 0 Å². The average molecular weight is 278 g/mol. The van der Waals surface area contributed by atoms with Crippen LogP contribution >= 0.6 is 10.7 Å². The lowest BCUT2D eigenvalue weighted by molar-refractivity contribution is -0.121. The molecule has 2 rings (SSSR count). The standard InChI is InChI=1S/C9H12ClN3O3S/c10-17(15,16)8-4-12-13(5-8)6-9(14)11-3-7-1-2-7/h4-5,7H,1-3,6H2,(H,11,14). The lowest BCUT2D eigenvalue weighted by atomic mass is 10.4. The molecule has 1 N–H and O–H groups in total. The van der Waals surface area contributed by atoms with Crippen molar-refractivity contribution in [3.8, 4) is 0 Å². The molecule has 0 bridgehead atoms. The van der Waals surface area contributed by atoms with Gasteiger partial charge in [-0.25, -0.2) is 8.42 Å². The molecule has 0 radical (unpaired) electrons. The molecule has 0 spiro atoms. The Kier molecular flexibility index (Phi) is 3.39. The number of hydrogen-bond donors (Lipinski definition) is 1. The second-order valence-electron chi connectivity index (χ2n) is 4.06. The third kappa shape index (κ3) is 3.71. The normalized spacial score (nSPS) is 15.8. The van der Waals surface area contributed by atoms with E-state index in [0.29, 0.717) is 12.5 Å². The van der Waals surface area contributed by atoms with Crippen LogP contribution in [0.3, 0.4) is 0 Å². The van der Waals surface area contributed by atoms with Crippen LogP contribution in [0.1, 0.15) is 12.8 Å². The zero-order valence-corrected chi connectivity index (χ0v) is 10.5. The highest BCUT2D eigenvalue weighted by atomic mass is 35.7. The van der Waals surface area contributed by atoms with Crippen LogP contribution in [0.25, 0.3) is 0 Å². The summed E-state index contributed by atoms with van der Waals surface area (Å²) in [6.45, 7) is 0.680. The lowest BCUT2D eigenvalue weighted by Crippen LogP contribution is -2.29. The van der Waals surface area contributed by atoms with Crippen LogP contribution in [0, 0.1) is 5.92 Å². The van der Waals surface area contributed by atoms with Gasteiger partial charge in [0.2, 0.25) is 5.91 Å². The van der Waals surface area contributed by atoms with E-state index in [1.54, 1.807) is 0 Å². The number of rotatable bonds is 5. The lowest BCUT2D eigenvalue weighted by Gasteiger charge is -2.03. The molecule has 8 heteroatoms. The number of carbonyl (C=O) groups is 1. The zero-order valence-electron chi connectivity index (χ0n) is 8.97. The third-order valence-electron chi connectivity index (χ3n) is 2.48. The predicted molar refractivity (Wildman–Crippen MR) is 61.0 cm³/mol. The average Bonchev–Trinajstić information content (AvgIpc) is 2.93. The Morgan fingerprint density at radius 1 is 1.59 bits per heavy atom. The summed E-state index contributed by atoms with van der Waals surface area (Å²) < 4.78 is 23.2. The minimum absolute atomic E-state index is 0.000864. The maximum Gasteiger partial charge on any atom is 0.264 e. The molecular weight excluding hydrogens is 266 g/mol. The second kappa shape index (κ2) is 4.66. The van der Waals surface area contributed by atoms with E-state index in [0.717, 1.165) is 19.0 Å². The van der Waals surface area contributed by atoms with E-state index < -0.39 is 9.05 Å². The molecule has 1 aromatic heterocycles. The highest BCUT2D eigenvalue weighted by molar-refractivity contribution is 8.13. The topological polar surface area (TPSA) is 81.1 Å². The van der Waals surface area contributed by atoms with Crippen molar-refractivity contribution in [2.24, 2.45) is 5.92 Å². The number of nitrogens with one attached hydrogen (secondary N) is 1. The second-order valence-corrected chi connectivity index (χ2v) is 6.62. The van der Waals surface area contributed by atoms with Crippen LogP contribution in [0.4, 0.5) is 0 Å². The molecule has 0 aliphatic heterocycles. The van der Waals surface area contributed by atoms with E-state index in [9.17, 15) is 13.2 Å². The number of nitrogens with zero attached hydrogens (tertiary/aromatic N) is 2. The van der Waals surface area contributed by atoms with E-state index in [4.69, 9.17) is 10.7 Å². The Hall–Kier alpha value is -1.08. The quantitative estimate of drug-likeness (QED) is 0.787. The van der Waals surface area contributed by atoms with Gasteiger partial charge in [-0.3, -0.25) is 9.48 Å². The first-order chi connectivity index (χ1) is 7.95. The van der Waals surface area contributed by atoms with Crippen LogP contribution in [-0.4, -0.2) is 30.7 Å². The largest absolute Gasteiger partial charge is 0.354 e. The SMILES string of the molecule is O=C(Cn1cc(S(=O)(=O)Cl)cn1)NCC1CC1. The Morgan fingerprint density at radius 3 is 2.82 bits per heavy atom. The van der Waals surface area contributed by atoms with Crippen molar-refractivity contribution in [1.29, 1.82) is 0 Å². The van der Waals surface area contributed by atoms with Crippen molar-refractivity contribution < 1.29 is 13.2 Å². The molecule has 1 aliphatic rings. The fourth-order valence-corrected chi connectivity index (χ4v) is 2.00. The Morgan fingerprint density at radius 2 is 2.29 bits per heavy atom. The highest BCUT2D eigenvalue weighted by Crippen LogP contribution is 2.27. The van der Waals surface area contributed by atoms with Crippen molar-refractivity contribution in [3.05, 3.63) is 12.4 Å². The highest BCUT2D eigenvalue weighted by Gasteiger charge is 2.21. The molecule has 1 aromatic rings. The molecular formula is C9H12ClN3O3S. The molecule has 0 saturated heterocycles. The number of hydrogen-bond acceptors (Lipinski definition) is 4. The third-order valence-corrected chi connectivity index (χ3v) is 3.79. The van der Waals surface area contributed by atoms with E-state index in [-0.39, 0.29) is 17.3 Å². The molecule has 0 unspecified atom stereocenters. The molecule has 0 aromatic carbocycles. The van der Waals surface area contributed by atoms with Gasteiger partial charge in [0.1, 0.15) is 11.4 Å². The molecule has 1 amide bonds. The van der Waals surface area contributed by atoms with Crippen LogP contribution < -0.4 is 5.32 Å². The fraction of sp³-hybridized carbons (Fsp3) is 0.556. The van der Waals surface area contributed by atoms with Crippen molar-refractivity contribution in [1.82, 2.24) is 15.1 Å². The molecule has 1 aliphatic carbocycles. The summed E-state index contributed by atoms with van der Waals surface area (Å²) in [5.74, 6) is 0.425. The van der Waals surface area contributed by atoms with Gasteiger partial charge in [-0.05, 0) is 18.8 Å². The first kappa shape index (κ1) is 12.4. The zero-order chi connectivity index (χ0) is 12.5. The molecule has 1 saturated carbocycles. The van der Waals surface area contributed by atoms with Crippen molar-refractivity contribution in [2.45, 2.75) is 24.3 Å². The minimum atomic E-state index is -3.78. The summed E-state index contributed by atoms with van der Waals surface area (Å²) >= 11 is 0. The Bertz CT molecular complexity index is 521. The number of amides is 1. The van der Waals surface area contributed by atoms with Crippen LogP contribution in [0.2, 0.25) is 0 Å². The van der Waals surface area contributed by atoms with Gasteiger partial charge >= 0.3 is 0 Å². The first-order valence-corrected chi connectivity index (χ1v) is 7.50. The summed E-state index contributed by atoms with van der Waals surface area (Å²) in [7, 11) is 1.36.